The SMILES string of the molecule is CCCCCCCCCCCCCCCCCCCC1N(CC)C=CN1CCCCCCCCCCCCCC. The molecular formula is C38H76N2. The standard InChI is InChI=1S/C38H76N2/c1-4-7-9-11-13-15-17-19-20-21-22-23-24-26-28-30-32-34-38-39(6-3)36-37-40(38)35-33-31-29-27-25-18-16-14-12-10-8-5-2/h36-38H,4-35H2,1-3H3. The van der Waals surface area contributed by atoms with E-state index in [0.717, 1.165) is 6.54 Å². The summed E-state index contributed by atoms with van der Waals surface area (Å²) in [5.74, 6) is 0. The highest BCUT2D eigenvalue weighted by Crippen LogP contribution is 2.23. The van der Waals surface area contributed by atoms with E-state index in [1.807, 2.05) is 0 Å². The number of hydrogen-bond donors (Lipinski definition) is 0. The topological polar surface area (TPSA) is 6.48 Å². The van der Waals surface area contributed by atoms with Crippen molar-refractivity contribution in [2.45, 2.75) is 220 Å². The van der Waals surface area contributed by atoms with E-state index >= 15 is 0 Å². The second-order valence-corrected chi connectivity index (χ2v) is 13.2. The average molecular weight is 561 g/mol. The summed E-state index contributed by atoms with van der Waals surface area (Å²) in [5.41, 5.74) is 0. The predicted octanol–water partition coefficient (Wildman–Crippen LogP) is 13.2. The molecule has 1 heterocycles. The van der Waals surface area contributed by atoms with Crippen LogP contribution in [0.15, 0.2) is 12.4 Å². The average Bonchev–Trinajstić information content (AvgIpc) is 3.36. The molecule has 1 aliphatic rings. The third-order valence-electron chi connectivity index (χ3n) is 9.42. The quantitative estimate of drug-likeness (QED) is 0.0755. The number of rotatable bonds is 32. The Morgan fingerprint density at radius 2 is 0.650 bits per heavy atom. The summed E-state index contributed by atoms with van der Waals surface area (Å²) in [4.78, 5) is 5.24. The molecule has 0 saturated carbocycles. The molecule has 0 amide bonds. The van der Waals surface area contributed by atoms with Crippen LogP contribution in [0, 0.1) is 0 Å². The molecule has 1 unspecified atom stereocenters. The van der Waals surface area contributed by atoms with Gasteiger partial charge in [0, 0.05) is 25.5 Å². The predicted molar refractivity (Wildman–Crippen MR) is 182 cm³/mol. The number of nitrogens with zero attached hydrogens (tertiary/aromatic N) is 2. The van der Waals surface area contributed by atoms with Crippen molar-refractivity contribution in [3.05, 3.63) is 12.4 Å². The van der Waals surface area contributed by atoms with Crippen LogP contribution in [0.2, 0.25) is 0 Å². The highest BCUT2D eigenvalue weighted by atomic mass is 15.4. The lowest BCUT2D eigenvalue weighted by Gasteiger charge is -2.32. The van der Waals surface area contributed by atoms with Gasteiger partial charge in [-0.1, -0.05) is 187 Å². The van der Waals surface area contributed by atoms with Gasteiger partial charge in [-0.3, -0.25) is 0 Å². The van der Waals surface area contributed by atoms with Crippen LogP contribution in [0.4, 0.5) is 0 Å². The van der Waals surface area contributed by atoms with Crippen molar-refractivity contribution in [3.63, 3.8) is 0 Å². The largest absolute Gasteiger partial charge is 0.356 e. The molecule has 0 N–H and O–H groups in total. The van der Waals surface area contributed by atoms with E-state index in [9.17, 15) is 0 Å². The van der Waals surface area contributed by atoms with Gasteiger partial charge in [-0.25, -0.2) is 0 Å². The molecular weight excluding hydrogens is 484 g/mol. The minimum Gasteiger partial charge on any atom is -0.356 e. The van der Waals surface area contributed by atoms with Gasteiger partial charge in [-0.05, 0) is 26.2 Å². The summed E-state index contributed by atoms with van der Waals surface area (Å²) in [6, 6.07) is 0. The first-order valence-corrected chi connectivity index (χ1v) is 19.0. The fraction of sp³-hybridized carbons (Fsp3) is 0.947. The van der Waals surface area contributed by atoms with E-state index in [2.05, 4.69) is 43.0 Å². The van der Waals surface area contributed by atoms with Gasteiger partial charge >= 0.3 is 0 Å². The minimum atomic E-state index is 0.633. The van der Waals surface area contributed by atoms with Gasteiger partial charge in [0.15, 0.2) is 0 Å². The van der Waals surface area contributed by atoms with Gasteiger partial charge in [-0.15, -0.1) is 0 Å². The summed E-state index contributed by atoms with van der Waals surface area (Å²) >= 11 is 0. The normalized spacial score (nSPS) is 15.1. The molecule has 0 aromatic heterocycles. The first-order chi connectivity index (χ1) is 19.8. The van der Waals surface area contributed by atoms with E-state index in [0.29, 0.717) is 6.17 Å². The Labute approximate surface area is 254 Å². The third-order valence-corrected chi connectivity index (χ3v) is 9.42. The van der Waals surface area contributed by atoms with Gasteiger partial charge in [0.2, 0.25) is 0 Å². The maximum atomic E-state index is 2.66. The van der Waals surface area contributed by atoms with Crippen LogP contribution in [-0.2, 0) is 0 Å². The first-order valence-electron chi connectivity index (χ1n) is 19.0. The molecule has 0 fully saturated rings. The smallest absolute Gasteiger partial charge is 0.101 e. The molecule has 0 aromatic rings. The van der Waals surface area contributed by atoms with E-state index in [-0.39, 0.29) is 0 Å². The lowest BCUT2D eigenvalue weighted by atomic mass is 10.0. The van der Waals surface area contributed by atoms with Crippen LogP contribution >= 0.6 is 0 Å². The Morgan fingerprint density at radius 3 is 1.00 bits per heavy atom. The molecule has 0 aromatic carbocycles. The van der Waals surface area contributed by atoms with Gasteiger partial charge < -0.3 is 9.80 Å². The van der Waals surface area contributed by atoms with Crippen LogP contribution in [0.3, 0.4) is 0 Å². The highest BCUT2D eigenvalue weighted by molar-refractivity contribution is 4.96. The van der Waals surface area contributed by atoms with Crippen LogP contribution in [0.1, 0.15) is 213 Å². The monoisotopic (exact) mass is 561 g/mol. The van der Waals surface area contributed by atoms with E-state index in [1.165, 1.54) is 199 Å². The van der Waals surface area contributed by atoms with E-state index in [1.54, 1.807) is 0 Å². The van der Waals surface area contributed by atoms with Crippen LogP contribution < -0.4 is 0 Å². The van der Waals surface area contributed by atoms with Gasteiger partial charge in [0.1, 0.15) is 6.17 Å². The number of unbranched alkanes of at least 4 members (excludes halogenated alkanes) is 27. The van der Waals surface area contributed by atoms with Gasteiger partial charge in [-0.2, -0.15) is 0 Å². The molecule has 40 heavy (non-hydrogen) atoms. The van der Waals surface area contributed by atoms with E-state index in [4.69, 9.17) is 0 Å². The van der Waals surface area contributed by atoms with Gasteiger partial charge in [0.05, 0.1) is 0 Å². The Balaban J connectivity index is 1.92. The maximum absolute atomic E-state index is 2.66. The number of hydrogen-bond acceptors (Lipinski definition) is 2. The van der Waals surface area contributed by atoms with Crippen LogP contribution in [0.5, 0.6) is 0 Å². The molecule has 2 heteroatoms. The maximum Gasteiger partial charge on any atom is 0.101 e. The van der Waals surface area contributed by atoms with Crippen molar-refractivity contribution in [3.8, 4) is 0 Å². The second kappa shape index (κ2) is 29.8. The second-order valence-electron chi connectivity index (χ2n) is 13.2. The molecule has 0 spiro atoms. The lowest BCUT2D eigenvalue weighted by Crippen LogP contribution is -2.38. The highest BCUT2D eigenvalue weighted by Gasteiger charge is 2.23. The summed E-state index contributed by atoms with van der Waals surface area (Å²) < 4.78 is 0. The lowest BCUT2D eigenvalue weighted by molar-refractivity contribution is 0.142. The van der Waals surface area contributed by atoms with Crippen molar-refractivity contribution in [2.24, 2.45) is 0 Å². The molecule has 0 radical (unpaired) electrons. The fourth-order valence-corrected chi connectivity index (χ4v) is 6.62. The van der Waals surface area contributed by atoms with E-state index < -0.39 is 0 Å². The van der Waals surface area contributed by atoms with Crippen molar-refractivity contribution < 1.29 is 0 Å². The van der Waals surface area contributed by atoms with Crippen LogP contribution in [0.25, 0.3) is 0 Å². The molecule has 1 aliphatic heterocycles. The summed E-state index contributed by atoms with van der Waals surface area (Å²) in [7, 11) is 0. The first kappa shape index (κ1) is 37.4. The van der Waals surface area contributed by atoms with Gasteiger partial charge in [0.25, 0.3) is 0 Å². The molecule has 0 aliphatic carbocycles. The molecule has 1 atom stereocenters. The molecule has 0 saturated heterocycles. The fourth-order valence-electron chi connectivity index (χ4n) is 6.62. The molecule has 0 bridgehead atoms. The summed E-state index contributed by atoms with van der Waals surface area (Å²) in [6.45, 7) is 9.34. The Kier molecular flexibility index (Phi) is 27.9. The summed E-state index contributed by atoms with van der Waals surface area (Å²) in [5, 5.41) is 0. The van der Waals surface area contributed by atoms with Crippen molar-refractivity contribution in [1.82, 2.24) is 9.80 Å². The zero-order valence-electron chi connectivity index (χ0n) is 28.3. The van der Waals surface area contributed by atoms with Crippen molar-refractivity contribution >= 4 is 0 Å². The minimum absolute atomic E-state index is 0.633. The van der Waals surface area contributed by atoms with Crippen molar-refractivity contribution in [2.75, 3.05) is 13.1 Å². The van der Waals surface area contributed by atoms with Crippen LogP contribution in [-0.4, -0.2) is 29.1 Å². The van der Waals surface area contributed by atoms with Crippen molar-refractivity contribution in [1.29, 1.82) is 0 Å². The zero-order valence-corrected chi connectivity index (χ0v) is 28.3. The molecule has 238 valence electrons. The molecule has 1 rings (SSSR count). The third kappa shape index (κ3) is 22.0. The Hall–Kier alpha value is -0.660. The summed E-state index contributed by atoms with van der Waals surface area (Å²) in [6.07, 6.45) is 48.8. The Bertz CT molecular complexity index is 516. The Morgan fingerprint density at radius 1 is 0.350 bits per heavy atom. The zero-order chi connectivity index (χ0) is 28.8. The molecule has 2 nitrogen and oxygen atoms in total.